The summed E-state index contributed by atoms with van der Waals surface area (Å²) in [4.78, 5) is 15.3. The van der Waals surface area contributed by atoms with Crippen molar-refractivity contribution < 1.29 is 27.4 Å². The van der Waals surface area contributed by atoms with Crippen molar-refractivity contribution in [3.8, 4) is 11.5 Å². The SMILES string of the molecule is COc1ccc(CCNC(=O)CCc2ccc(C(F)(F)F)nc2)cc1OC. The Kier molecular flexibility index (Phi) is 7.04. The largest absolute Gasteiger partial charge is 0.493 e. The van der Waals surface area contributed by atoms with E-state index in [2.05, 4.69) is 10.3 Å². The Morgan fingerprint density at radius 2 is 1.74 bits per heavy atom. The Balaban J connectivity index is 1.76. The molecule has 0 atom stereocenters. The van der Waals surface area contributed by atoms with Gasteiger partial charge in [-0.2, -0.15) is 13.2 Å². The molecular weight excluding hydrogens is 361 g/mol. The standard InChI is InChI=1S/C19H21F3N2O3/c1-26-15-6-3-13(11-16(15)27-2)9-10-23-18(25)8-5-14-4-7-17(24-12-14)19(20,21)22/h3-4,6-7,11-12H,5,8-10H2,1-2H3,(H,23,25). The van der Waals surface area contributed by atoms with E-state index in [4.69, 9.17) is 9.47 Å². The van der Waals surface area contributed by atoms with Crippen LogP contribution in [0.15, 0.2) is 36.5 Å². The van der Waals surface area contributed by atoms with Crippen LogP contribution in [0.4, 0.5) is 13.2 Å². The molecule has 8 heteroatoms. The van der Waals surface area contributed by atoms with E-state index in [-0.39, 0.29) is 12.3 Å². The molecule has 1 aromatic heterocycles. The number of methoxy groups -OCH3 is 2. The molecule has 0 aliphatic rings. The number of halogens is 3. The molecule has 0 saturated heterocycles. The van der Waals surface area contributed by atoms with E-state index in [1.54, 1.807) is 20.3 Å². The second-order valence-corrected chi connectivity index (χ2v) is 5.84. The van der Waals surface area contributed by atoms with E-state index in [1.165, 1.54) is 6.07 Å². The van der Waals surface area contributed by atoms with E-state index < -0.39 is 11.9 Å². The zero-order valence-electron chi connectivity index (χ0n) is 15.1. The number of benzene rings is 1. The molecule has 0 fully saturated rings. The third-order valence-electron chi connectivity index (χ3n) is 3.94. The minimum atomic E-state index is -4.46. The van der Waals surface area contributed by atoms with Gasteiger partial charge < -0.3 is 14.8 Å². The lowest BCUT2D eigenvalue weighted by Crippen LogP contribution is -2.25. The summed E-state index contributed by atoms with van der Waals surface area (Å²) in [5.41, 5.74) is 0.628. The van der Waals surface area contributed by atoms with Gasteiger partial charge in [-0.25, -0.2) is 0 Å². The molecule has 1 heterocycles. The van der Waals surface area contributed by atoms with Gasteiger partial charge in [0, 0.05) is 19.2 Å². The van der Waals surface area contributed by atoms with Crippen LogP contribution in [0.3, 0.4) is 0 Å². The van der Waals surface area contributed by atoms with Crippen LogP contribution in [0, 0.1) is 0 Å². The first kappa shape index (κ1) is 20.5. The van der Waals surface area contributed by atoms with E-state index in [1.807, 2.05) is 12.1 Å². The van der Waals surface area contributed by atoms with Gasteiger partial charge in [-0.15, -0.1) is 0 Å². The molecule has 1 N–H and O–H groups in total. The first-order valence-electron chi connectivity index (χ1n) is 8.33. The normalized spacial score (nSPS) is 11.1. The summed E-state index contributed by atoms with van der Waals surface area (Å²) < 4.78 is 47.8. The highest BCUT2D eigenvalue weighted by atomic mass is 19.4. The molecule has 0 unspecified atom stereocenters. The zero-order chi connectivity index (χ0) is 19.9. The van der Waals surface area contributed by atoms with Gasteiger partial charge in [0.25, 0.3) is 0 Å². The fraction of sp³-hybridized carbons (Fsp3) is 0.368. The molecule has 5 nitrogen and oxygen atoms in total. The van der Waals surface area contributed by atoms with Crippen molar-refractivity contribution in [3.63, 3.8) is 0 Å². The van der Waals surface area contributed by atoms with E-state index in [0.29, 0.717) is 36.4 Å². The molecule has 1 aromatic carbocycles. The molecule has 146 valence electrons. The third-order valence-corrected chi connectivity index (χ3v) is 3.94. The summed E-state index contributed by atoms with van der Waals surface area (Å²) in [5, 5.41) is 2.79. The number of ether oxygens (including phenoxy) is 2. The van der Waals surface area contributed by atoms with Crippen molar-refractivity contribution >= 4 is 5.91 Å². The van der Waals surface area contributed by atoms with Crippen molar-refractivity contribution in [3.05, 3.63) is 53.3 Å². The lowest BCUT2D eigenvalue weighted by Gasteiger charge is -2.10. The Morgan fingerprint density at radius 3 is 2.33 bits per heavy atom. The second kappa shape index (κ2) is 9.25. The quantitative estimate of drug-likeness (QED) is 0.760. The molecular formula is C19H21F3N2O3. The van der Waals surface area contributed by atoms with Crippen molar-refractivity contribution in [2.75, 3.05) is 20.8 Å². The number of carbonyl (C=O) groups excluding carboxylic acids is 1. The summed E-state index contributed by atoms with van der Waals surface area (Å²) in [6.45, 7) is 0.444. The van der Waals surface area contributed by atoms with Crippen LogP contribution in [-0.4, -0.2) is 31.7 Å². The third kappa shape index (κ3) is 6.16. The second-order valence-electron chi connectivity index (χ2n) is 5.84. The Hall–Kier alpha value is -2.77. The molecule has 27 heavy (non-hydrogen) atoms. The first-order chi connectivity index (χ1) is 12.8. The number of hydrogen-bond acceptors (Lipinski definition) is 4. The highest BCUT2D eigenvalue weighted by Crippen LogP contribution is 2.28. The summed E-state index contributed by atoms with van der Waals surface area (Å²) in [6, 6.07) is 7.80. The van der Waals surface area contributed by atoms with Gasteiger partial charge in [-0.3, -0.25) is 9.78 Å². The maximum Gasteiger partial charge on any atom is 0.433 e. The first-order valence-corrected chi connectivity index (χ1v) is 8.33. The van der Waals surface area contributed by atoms with E-state index in [9.17, 15) is 18.0 Å². The van der Waals surface area contributed by atoms with Crippen LogP contribution < -0.4 is 14.8 Å². The smallest absolute Gasteiger partial charge is 0.433 e. The predicted molar refractivity (Wildman–Crippen MR) is 93.8 cm³/mol. The van der Waals surface area contributed by atoms with Crippen molar-refractivity contribution in [2.24, 2.45) is 0 Å². The number of aryl methyl sites for hydroxylation is 1. The Labute approximate surface area is 155 Å². The van der Waals surface area contributed by atoms with Gasteiger partial charge in [0.15, 0.2) is 11.5 Å². The average Bonchev–Trinajstić information content (AvgIpc) is 2.65. The molecule has 0 saturated carbocycles. The van der Waals surface area contributed by atoms with Crippen LogP contribution in [-0.2, 0) is 23.8 Å². The topological polar surface area (TPSA) is 60.5 Å². The summed E-state index contributed by atoms with van der Waals surface area (Å²) in [7, 11) is 3.11. The van der Waals surface area contributed by atoms with Crippen LogP contribution in [0.25, 0.3) is 0 Å². The van der Waals surface area contributed by atoms with Crippen LogP contribution >= 0.6 is 0 Å². The molecule has 0 aliphatic carbocycles. The summed E-state index contributed by atoms with van der Waals surface area (Å²) in [6.07, 6.45) is -2.18. The maximum atomic E-state index is 12.5. The molecule has 2 aromatic rings. The van der Waals surface area contributed by atoms with Crippen molar-refractivity contribution in [2.45, 2.75) is 25.4 Å². The molecule has 0 aliphatic heterocycles. The molecule has 1 amide bonds. The Morgan fingerprint density at radius 1 is 1.04 bits per heavy atom. The molecule has 2 rings (SSSR count). The number of nitrogens with zero attached hydrogens (tertiary/aromatic N) is 1. The van der Waals surface area contributed by atoms with Gasteiger partial charge in [0.1, 0.15) is 5.69 Å². The van der Waals surface area contributed by atoms with E-state index in [0.717, 1.165) is 17.8 Å². The number of amides is 1. The number of pyridine rings is 1. The molecule has 0 radical (unpaired) electrons. The number of nitrogens with one attached hydrogen (secondary N) is 1. The van der Waals surface area contributed by atoms with Gasteiger partial charge in [-0.1, -0.05) is 12.1 Å². The fourth-order valence-electron chi connectivity index (χ4n) is 2.47. The number of rotatable bonds is 8. The van der Waals surface area contributed by atoms with Gasteiger partial charge in [0.05, 0.1) is 14.2 Å². The number of aromatic nitrogens is 1. The number of hydrogen-bond donors (Lipinski definition) is 1. The fourth-order valence-corrected chi connectivity index (χ4v) is 2.47. The van der Waals surface area contributed by atoms with Crippen LogP contribution in [0.2, 0.25) is 0 Å². The zero-order valence-corrected chi connectivity index (χ0v) is 15.1. The van der Waals surface area contributed by atoms with Crippen LogP contribution in [0.5, 0.6) is 11.5 Å². The van der Waals surface area contributed by atoms with E-state index >= 15 is 0 Å². The lowest BCUT2D eigenvalue weighted by molar-refractivity contribution is -0.141. The number of alkyl halides is 3. The minimum Gasteiger partial charge on any atom is -0.493 e. The number of carbonyl (C=O) groups is 1. The van der Waals surface area contributed by atoms with Crippen molar-refractivity contribution in [1.29, 1.82) is 0 Å². The van der Waals surface area contributed by atoms with Gasteiger partial charge in [0.2, 0.25) is 5.91 Å². The lowest BCUT2D eigenvalue weighted by atomic mass is 10.1. The average molecular weight is 382 g/mol. The summed E-state index contributed by atoms with van der Waals surface area (Å²) in [5.74, 6) is 1.09. The highest BCUT2D eigenvalue weighted by molar-refractivity contribution is 5.76. The Bertz CT molecular complexity index is 762. The molecule has 0 bridgehead atoms. The van der Waals surface area contributed by atoms with Gasteiger partial charge in [-0.05, 0) is 42.2 Å². The maximum absolute atomic E-state index is 12.5. The summed E-state index contributed by atoms with van der Waals surface area (Å²) >= 11 is 0. The van der Waals surface area contributed by atoms with Crippen LogP contribution in [0.1, 0.15) is 23.2 Å². The van der Waals surface area contributed by atoms with Gasteiger partial charge >= 0.3 is 6.18 Å². The highest BCUT2D eigenvalue weighted by Gasteiger charge is 2.31. The monoisotopic (exact) mass is 382 g/mol. The van der Waals surface area contributed by atoms with Crippen molar-refractivity contribution in [1.82, 2.24) is 10.3 Å². The predicted octanol–water partition coefficient (Wildman–Crippen LogP) is 3.41. The minimum absolute atomic E-state index is 0.171. The molecule has 0 spiro atoms.